The van der Waals surface area contributed by atoms with E-state index >= 15 is 0 Å². The average molecular weight is 423 g/mol. The lowest BCUT2D eigenvalue weighted by Gasteiger charge is -2.08. The molecule has 1 heterocycles. The van der Waals surface area contributed by atoms with Gasteiger partial charge < -0.3 is 18.6 Å². The Kier molecular flexibility index (Phi) is 6.20. The summed E-state index contributed by atoms with van der Waals surface area (Å²) in [6.45, 7) is 0.480. The van der Waals surface area contributed by atoms with Crippen molar-refractivity contribution in [2.45, 2.75) is 6.61 Å². The van der Waals surface area contributed by atoms with E-state index in [0.717, 1.165) is 5.39 Å². The van der Waals surface area contributed by atoms with Crippen LogP contribution < -0.4 is 9.47 Å². The molecule has 0 saturated carbocycles. The second-order valence-electron chi connectivity index (χ2n) is 6.45. The zero-order valence-electron chi connectivity index (χ0n) is 16.0. The largest absolute Gasteiger partial charge is 0.490 e. The molecule has 0 aliphatic rings. The molecular formula is C24H19ClO5. The molecule has 1 aromatic heterocycles. The van der Waals surface area contributed by atoms with E-state index in [1.165, 1.54) is 0 Å². The molecule has 3 aromatic carbocycles. The van der Waals surface area contributed by atoms with Crippen molar-refractivity contribution >= 4 is 28.5 Å². The van der Waals surface area contributed by atoms with Gasteiger partial charge in [0.05, 0.1) is 5.56 Å². The SMILES string of the molecule is O=C(OCCOc1ccc(Cl)cc1)c1oc2ccccc2c1COc1ccccc1. The average Bonchev–Trinajstić information content (AvgIpc) is 3.16. The van der Waals surface area contributed by atoms with Gasteiger partial charge >= 0.3 is 5.97 Å². The summed E-state index contributed by atoms with van der Waals surface area (Å²) in [6, 6.07) is 23.8. The Bertz CT molecular complexity index is 1120. The summed E-state index contributed by atoms with van der Waals surface area (Å²) < 4.78 is 22.5. The number of furan rings is 1. The molecule has 6 heteroatoms. The summed E-state index contributed by atoms with van der Waals surface area (Å²) >= 11 is 5.85. The van der Waals surface area contributed by atoms with Crippen LogP contribution in [0.5, 0.6) is 11.5 Å². The van der Waals surface area contributed by atoms with E-state index < -0.39 is 5.97 Å². The lowest BCUT2D eigenvalue weighted by Crippen LogP contribution is -2.13. The summed E-state index contributed by atoms with van der Waals surface area (Å²) in [5.74, 6) is 0.936. The number of fused-ring (bicyclic) bond motifs is 1. The Balaban J connectivity index is 1.42. The maximum Gasteiger partial charge on any atom is 0.374 e. The van der Waals surface area contributed by atoms with Crippen LogP contribution in [0, 0.1) is 0 Å². The molecule has 152 valence electrons. The third-order valence-electron chi connectivity index (χ3n) is 4.41. The van der Waals surface area contributed by atoms with Gasteiger partial charge in [-0.25, -0.2) is 4.79 Å². The van der Waals surface area contributed by atoms with E-state index in [1.807, 2.05) is 54.6 Å². The lowest BCUT2D eigenvalue weighted by molar-refractivity contribution is 0.0414. The van der Waals surface area contributed by atoms with Crippen LogP contribution in [0.1, 0.15) is 16.1 Å². The van der Waals surface area contributed by atoms with Gasteiger partial charge in [0.15, 0.2) is 0 Å². The fourth-order valence-corrected chi connectivity index (χ4v) is 3.10. The molecule has 0 fully saturated rings. The van der Waals surface area contributed by atoms with Crippen molar-refractivity contribution in [1.29, 1.82) is 0 Å². The Morgan fingerprint density at radius 1 is 0.800 bits per heavy atom. The van der Waals surface area contributed by atoms with Crippen LogP contribution in [0.15, 0.2) is 83.3 Å². The highest BCUT2D eigenvalue weighted by atomic mass is 35.5. The molecule has 0 unspecified atom stereocenters. The lowest BCUT2D eigenvalue weighted by atomic mass is 10.1. The van der Waals surface area contributed by atoms with E-state index in [1.54, 1.807) is 24.3 Å². The van der Waals surface area contributed by atoms with Gasteiger partial charge in [0.25, 0.3) is 0 Å². The first-order chi connectivity index (χ1) is 14.7. The van der Waals surface area contributed by atoms with Crippen LogP contribution in [-0.2, 0) is 11.3 Å². The molecule has 4 rings (SSSR count). The fourth-order valence-electron chi connectivity index (χ4n) is 2.97. The van der Waals surface area contributed by atoms with Gasteiger partial charge in [-0.3, -0.25) is 0 Å². The highest BCUT2D eigenvalue weighted by molar-refractivity contribution is 6.30. The summed E-state index contributed by atoms with van der Waals surface area (Å²) in [7, 11) is 0. The zero-order valence-corrected chi connectivity index (χ0v) is 16.8. The van der Waals surface area contributed by atoms with Crippen molar-refractivity contribution in [2.75, 3.05) is 13.2 Å². The Morgan fingerprint density at radius 2 is 1.50 bits per heavy atom. The minimum atomic E-state index is -0.558. The monoisotopic (exact) mass is 422 g/mol. The molecular weight excluding hydrogens is 404 g/mol. The van der Waals surface area contributed by atoms with Crippen LogP contribution in [0.4, 0.5) is 0 Å². The predicted octanol–water partition coefficient (Wildman–Crippen LogP) is 5.90. The molecule has 5 nitrogen and oxygen atoms in total. The molecule has 30 heavy (non-hydrogen) atoms. The van der Waals surface area contributed by atoms with Crippen molar-refractivity contribution in [3.63, 3.8) is 0 Å². The van der Waals surface area contributed by atoms with Crippen molar-refractivity contribution in [3.8, 4) is 11.5 Å². The highest BCUT2D eigenvalue weighted by Crippen LogP contribution is 2.28. The third kappa shape index (κ3) is 4.75. The van der Waals surface area contributed by atoms with Crippen molar-refractivity contribution < 1.29 is 23.4 Å². The first-order valence-corrected chi connectivity index (χ1v) is 9.82. The number of ether oxygens (including phenoxy) is 3. The maximum absolute atomic E-state index is 12.7. The number of halogens is 1. The molecule has 0 radical (unpaired) electrons. The first-order valence-electron chi connectivity index (χ1n) is 9.44. The van der Waals surface area contributed by atoms with E-state index in [-0.39, 0.29) is 25.6 Å². The molecule has 4 aromatic rings. The van der Waals surface area contributed by atoms with Crippen LogP contribution in [0.2, 0.25) is 5.02 Å². The number of carbonyl (C=O) groups is 1. The van der Waals surface area contributed by atoms with Gasteiger partial charge in [0.1, 0.15) is 36.9 Å². The molecule has 0 bridgehead atoms. The van der Waals surface area contributed by atoms with Gasteiger partial charge in [-0.15, -0.1) is 0 Å². The molecule has 0 amide bonds. The summed E-state index contributed by atoms with van der Waals surface area (Å²) in [5, 5.41) is 1.45. The van der Waals surface area contributed by atoms with E-state index in [0.29, 0.717) is 27.7 Å². The van der Waals surface area contributed by atoms with E-state index in [2.05, 4.69) is 0 Å². The summed E-state index contributed by atoms with van der Waals surface area (Å²) in [4.78, 5) is 12.7. The minimum absolute atomic E-state index is 0.0808. The quantitative estimate of drug-likeness (QED) is 0.261. The van der Waals surface area contributed by atoms with Gasteiger partial charge in [-0.1, -0.05) is 48.0 Å². The second kappa shape index (κ2) is 9.37. The Hall–Kier alpha value is -3.44. The van der Waals surface area contributed by atoms with Gasteiger partial charge in [-0.05, 0) is 42.5 Å². The molecule has 0 atom stereocenters. The smallest absolute Gasteiger partial charge is 0.374 e. The number of carbonyl (C=O) groups excluding carboxylic acids is 1. The maximum atomic E-state index is 12.7. The van der Waals surface area contributed by atoms with Crippen LogP contribution in [0.3, 0.4) is 0 Å². The van der Waals surface area contributed by atoms with Crippen LogP contribution in [-0.4, -0.2) is 19.2 Å². The number of esters is 1. The van der Waals surface area contributed by atoms with Gasteiger partial charge in [0.2, 0.25) is 5.76 Å². The minimum Gasteiger partial charge on any atom is -0.490 e. The number of hydrogen-bond donors (Lipinski definition) is 0. The van der Waals surface area contributed by atoms with Crippen LogP contribution in [0.25, 0.3) is 11.0 Å². The van der Waals surface area contributed by atoms with E-state index in [4.69, 9.17) is 30.2 Å². The Labute approximate surface area is 178 Å². The molecule has 0 N–H and O–H groups in total. The number of para-hydroxylation sites is 2. The topological polar surface area (TPSA) is 57.9 Å². The molecule has 0 aliphatic carbocycles. The van der Waals surface area contributed by atoms with Crippen molar-refractivity contribution in [1.82, 2.24) is 0 Å². The third-order valence-corrected chi connectivity index (χ3v) is 4.66. The highest BCUT2D eigenvalue weighted by Gasteiger charge is 2.22. The Morgan fingerprint density at radius 3 is 2.30 bits per heavy atom. The molecule has 0 spiro atoms. The number of benzene rings is 3. The van der Waals surface area contributed by atoms with Gasteiger partial charge in [-0.2, -0.15) is 0 Å². The van der Waals surface area contributed by atoms with Crippen molar-refractivity contribution in [3.05, 3.63) is 95.2 Å². The normalized spacial score (nSPS) is 10.7. The second-order valence-corrected chi connectivity index (χ2v) is 6.88. The van der Waals surface area contributed by atoms with Gasteiger partial charge in [0, 0.05) is 10.4 Å². The van der Waals surface area contributed by atoms with Crippen LogP contribution >= 0.6 is 11.6 Å². The fraction of sp³-hybridized carbons (Fsp3) is 0.125. The summed E-state index contributed by atoms with van der Waals surface area (Å²) in [5.41, 5.74) is 1.26. The standard InChI is InChI=1S/C24H19ClO5/c25-17-10-12-19(13-11-17)27-14-15-28-24(26)23-21(16-29-18-6-2-1-3-7-18)20-8-4-5-9-22(20)30-23/h1-13H,14-16H2. The zero-order chi connectivity index (χ0) is 20.8. The number of hydrogen-bond acceptors (Lipinski definition) is 5. The number of rotatable bonds is 8. The van der Waals surface area contributed by atoms with E-state index in [9.17, 15) is 4.79 Å². The predicted molar refractivity (Wildman–Crippen MR) is 114 cm³/mol. The summed E-state index contributed by atoms with van der Waals surface area (Å²) in [6.07, 6.45) is 0. The molecule has 0 saturated heterocycles. The first kappa shape index (κ1) is 19.9. The molecule has 0 aliphatic heterocycles. The van der Waals surface area contributed by atoms with Crippen molar-refractivity contribution in [2.24, 2.45) is 0 Å².